The molecule has 2 atom stereocenters. The summed E-state index contributed by atoms with van der Waals surface area (Å²) in [6.45, 7) is 0.544. The van der Waals surface area contributed by atoms with E-state index < -0.39 is 0 Å². The zero-order valence-corrected chi connectivity index (χ0v) is 14.4. The van der Waals surface area contributed by atoms with Gasteiger partial charge in [-0.1, -0.05) is 18.6 Å². The second kappa shape index (κ2) is 7.34. The molecule has 2 aliphatic rings. The Morgan fingerprint density at radius 1 is 1.16 bits per heavy atom. The fraction of sp³-hybridized carbons (Fsp3) is 0.476. The van der Waals surface area contributed by atoms with Gasteiger partial charge < -0.3 is 14.5 Å². The lowest BCUT2D eigenvalue weighted by Gasteiger charge is -2.23. The minimum Gasteiger partial charge on any atom is -0.490 e. The summed E-state index contributed by atoms with van der Waals surface area (Å²) in [6.07, 6.45) is 9.04. The summed E-state index contributed by atoms with van der Waals surface area (Å²) in [4.78, 5) is 12.3. The first-order chi connectivity index (χ1) is 12.3. The molecule has 25 heavy (non-hydrogen) atoms. The standard InChI is InChI=1S/C21H25NO3/c23-21(19-13-18(19)20-10-5-11-24-20)22-14-15-6-4-9-17(12-15)25-16-7-2-1-3-8-16/h4-6,9-12,16,18-19H,1-3,7-8,13-14H2,(H,22,23). The molecular weight excluding hydrogens is 314 g/mol. The maximum absolute atomic E-state index is 12.3. The largest absolute Gasteiger partial charge is 0.490 e. The first kappa shape index (κ1) is 16.2. The molecule has 2 aliphatic carbocycles. The van der Waals surface area contributed by atoms with Gasteiger partial charge in [-0.25, -0.2) is 0 Å². The molecule has 1 amide bonds. The molecule has 4 heteroatoms. The van der Waals surface area contributed by atoms with Crippen LogP contribution in [0.1, 0.15) is 55.8 Å². The van der Waals surface area contributed by atoms with Crippen LogP contribution in [0.2, 0.25) is 0 Å². The van der Waals surface area contributed by atoms with Crippen molar-refractivity contribution in [2.75, 3.05) is 0 Å². The first-order valence-electron chi connectivity index (χ1n) is 9.36. The molecule has 132 valence electrons. The van der Waals surface area contributed by atoms with Gasteiger partial charge in [0.15, 0.2) is 0 Å². The van der Waals surface area contributed by atoms with Crippen LogP contribution in [-0.2, 0) is 11.3 Å². The van der Waals surface area contributed by atoms with Gasteiger partial charge in [-0.3, -0.25) is 4.79 Å². The highest BCUT2D eigenvalue weighted by Crippen LogP contribution is 2.47. The first-order valence-corrected chi connectivity index (χ1v) is 9.36. The number of carbonyl (C=O) groups is 1. The van der Waals surface area contributed by atoms with Gasteiger partial charge >= 0.3 is 0 Å². The van der Waals surface area contributed by atoms with Gasteiger partial charge in [0.05, 0.1) is 12.4 Å². The van der Waals surface area contributed by atoms with E-state index in [1.54, 1.807) is 6.26 Å². The number of hydrogen-bond acceptors (Lipinski definition) is 3. The Bertz CT molecular complexity index is 704. The number of rotatable bonds is 6. The van der Waals surface area contributed by atoms with Crippen molar-refractivity contribution < 1.29 is 13.9 Å². The van der Waals surface area contributed by atoms with E-state index in [0.29, 0.717) is 12.6 Å². The molecule has 0 bridgehead atoms. The molecule has 2 saturated carbocycles. The Hall–Kier alpha value is -2.23. The van der Waals surface area contributed by atoms with Gasteiger partial charge in [0.25, 0.3) is 0 Å². The van der Waals surface area contributed by atoms with Crippen LogP contribution in [0.4, 0.5) is 0 Å². The van der Waals surface area contributed by atoms with E-state index in [0.717, 1.165) is 36.3 Å². The number of benzene rings is 1. The number of furan rings is 1. The summed E-state index contributed by atoms with van der Waals surface area (Å²) in [6, 6.07) is 11.9. The van der Waals surface area contributed by atoms with Crippen LogP contribution in [0.15, 0.2) is 47.1 Å². The molecule has 4 nitrogen and oxygen atoms in total. The lowest BCUT2D eigenvalue weighted by Crippen LogP contribution is -2.25. The molecule has 4 rings (SSSR count). The predicted octanol–water partition coefficient (Wildman–Crippen LogP) is 4.41. The quantitative estimate of drug-likeness (QED) is 0.848. The molecule has 2 unspecified atom stereocenters. The molecule has 1 aromatic carbocycles. The zero-order valence-electron chi connectivity index (χ0n) is 14.4. The van der Waals surface area contributed by atoms with Crippen LogP contribution >= 0.6 is 0 Å². The van der Waals surface area contributed by atoms with E-state index in [4.69, 9.17) is 9.15 Å². The summed E-state index contributed by atoms with van der Waals surface area (Å²) in [5, 5.41) is 3.05. The van der Waals surface area contributed by atoms with Crippen molar-refractivity contribution in [3.63, 3.8) is 0 Å². The van der Waals surface area contributed by atoms with Crippen LogP contribution in [0.5, 0.6) is 5.75 Å². The second-order valence-electron chi connectivity index (χ2n) is 7.21. The van der Waals surface area contributed by atoms with E-state index in [2.05, 4.69) is 5.32 Å². The third kappa shape index (κ3) is 4.06. The Morgan fingerprint density at radius 2 is 2.04 bits per heavy atom. The molecule has 1 N–H and O–H groups in total. The number of carbonyl (C=O) groups excluding carboxylic acids is 1. The Balaban J connectivity index is 1.28. The number of ether oxygens (including phenoxy) is 1. The third-order valence-corrected chi connectivity index (χ3v) is 5.26. The van der Waals surface area contributed by atoms with E-state index >= 15 is 0 Å². The van der Waals surface area contributed by atoms with Crippen LogP contribution in [-0.4, -0.2) is 12.0 Å². The highest BCUT2D eigenvalue weighted by atomic mass is 16.5. The van der Waals surface area contributed by atoms with Crippen molar-refractivity contribution in [2.45, 2.75) is 57.1 Å². The predicted molar refractivity (Wildman–Crippen MR) is 95.3 cm³/mol. The smallest absolute Gasteiger partial charge is 0.224 e. The normalized spacial score (nSPS) is 23.2. The Morgan fingerprint density at radius 3 is 2.84 bits per heavy atom. The summed E-state index contributed by atoms with van der Waals surface area (Å²) in [5.74, 6) is 2.24. The van der Waals surface area contributed by atoms with Gasteiger partial charge in [0.1, 0.15) is 11.5 Å². The number of hydrogen-bond donors (Lipinski definition) is 1. The third-order valence-electron chi connectivity index (χ3n) is 5.26. The van der Waals surface area contributed by atoms with Gasteiger partial charge in [-0.2, -0.15) is 0 Å². The van der Waals surface area contributed by atoms with E-state index in [1.165, 1.54) is 19.3 Å². The van der Waals surface area contributed by atoms with Crippen molar-refractivity contribution >= 4 is 5.91 Å². The minimum absolute atomic E-state index is 0.0489. The molecule has 0 saturated heterocycles. The summed E-state index contributed by atoms with van der Waals surface area (Å²) < 4.78 is 11.5. The van der Waals surface area contributed by atoms with Crippen molar-refractivity contribution in [1.29, 1.82) is 0 Å². The topological polar surface area (TPSA) is 51.5 Å². The van der Waals surface area contributed by atoms with Crippen molar-refractivity contribution in [1.82, 2.24) is 5.32 Å². The van der Waals surface area contributed by atoms with Crippen LogP contribution in [0.25, 0.3) is 0 Å². The van der Waals surface area contributed by atoms with E-state index in [-0.39, 0.29) is 17.7 Å². The summed E-state index contributed by atoms with van der Waals surface area (Å²) in [5.41, 5.74) is 1.08. The molecule has 0 aliphatic heterocycles. The minimum atomic E-state index is 0.0489. The molecular formula is C21H25NO3. The Kier molecular flexibility index (Phi) is 4.77. The van der Waals surface area contributed by atoms with Crippen LogP contribution < -0.4 is 10.1 Å². The molecule has 0 spiro atoms. The van der Waals surface area contributed by atoms with Gasteiger partial charge in [-0.15, -0.1) is 0 Å². The Labute approximate surface area is 148 Å². The fourth-order valence-electron chi connectivity index (χ4n) is 3.73. The SMILES string of the molecule is O=C(NCc1cccc(OC2CCCCC2)c1)C1CC1c1ccco1. The van der Waals surface area contributed by atoms with Gasteiger partial charge in [0.2, 0.25) is 5.91 Å². The molecule has 2 aromatic rings. The van der Waals surface area contributed by atoms with Crippen LogP contribution in [0.3, 0.4) is 0 Å². The van der Waals surface area contributed by atoms with E-state index in [9.17, 15) is 4.79 Å². The average molecular weight is 339 g/mol. The van der Waals surface area contributed by atoms with Crippen molar-refractivity contribution in [3.05, 3.63) is 54.0 Å². The fourth-order valence-corrected chi connectivity index (χ4v) is 3.73. The maximum Gasteiger partial charge on any atom is 0.224 e. The molecule has 0 radical (unpaired) electrons. The van der Waals surface area contributed by atoms with Crippen molar-refractivity contribution in [2.24, 2.45) is 5.92 Å². The van der Waals surface area contributed by atoms with Gasteiger partial charge in [0, 0.05) is 18.4 Å². The molecule has 2 fully saturated rings. The van der Waals surface area contributed by atoms with E-state index in [1.807, 2.05) is 36.4 Å². The monoisotopic (exact) mass is 339 g/mol. The highest BCUT2D eigenvalue weighted by Gasteiger charge is 2.45. The maximum atomic E-state index is 12.3. The summed E-state index contributed by atoms with van der Waals surface area (Å²) >= 11 is 0. The lowest BCUT2D eigenvalue weighted by molar-refractivity contribution is -0.122. The second-order valence-corrected chi connectivity index (χ2v) is 7.21. The lowest BCUT2D eigenvalue weighted by atomic mass is 9.98. The molecule has 1 heterocycles. The van der Waals surface area contributed by atoms with Crippen molar-refractivity contribution in [3.8, 4) is 5.75 Å². The summed E-state index contributed by atoms with van der Waals surface area (Å²) in [7, 11) is 0. The number of nitrogens with one attached hydrogen (secondary N) is 1. The highest BCUT2D eigenvalue weighted by molar-refractivity contribution is 5.82. The number of amides is 1. The van der Waals surface area contributed by atoms with Gasteiger partial charge in [-0.05, 0) is 61.9 Å². The zero-order chi connectivity index (χ0) is 17.1. The molecule has 1 aromatic heterocycles. The van der Waals surface area contributed by atoms with Crippen LogP contribution in [0, 0.1) is 5.92 Å². The average Bonchev–Trinajstić information content (AvgIpc) is 3.26.